The number of hydrogen-bond acceptors (Lipinski definition) is 3. The molecule has 1 aromatic heterocycles. The highest BCUT2D eigenvalue weighted by molar-refractivity contribution is 6.29. The maximum atomic E-state index is 12.3. The summed E-state index contributed by atoms with van der Waals surface area (Å²) >= 11 is 5.81. The Kier molecular flexibility index (Phi) is 5.39. The maximum absolute atomic E-state index is 12.3. The van der Waals surface area contributed by atoms with Crippen molar-refractivity contribution in [2.75, 3.05) is 0 Å². The van der Waals surface area contributed by atoms with Crippen molar-refractivity contribution in [2.24, 2.45) is 0 Å². The van der Waals surface area contributed by atoms with Gasteiger partial charge in [-0.3, -0.25) is 4.79 Å². The first-order chi connectivity index (χ1) is 10.5. The molecule has 1 amide bonds. The van der Waals surface area contributed by atoms with Gasteiger partial charge in [-0.15, -0.1) is 0 Å². The van der Waals surface area contributed by atoms with Gasteiger partial charge in [0.1, 0.15) is 10.9 Å². The van der Waals surface area contributed by atoms with Crippen molar-refractivity contribution in [1.82, 2.24) is 10.3 Å². The van der Waals surface area contributed by atoms with E-state index in [-0.39, 0.29) is 18.1 Å². The van der Waals surface area contributed by atoms with Gasteiger partial charge in [0.05, 0.1) is 12.1 Å². The lowest BCUT2D eigenvalue weighted by Crippen LogP contribution is -2.27. The molecule has 0 bridgehead atoms. The van der Waals surface area contributed by atoms with E-state index in [1.54, 1.807) is 12.1 Å². The lowest BCUT2D eigenvalue weighted by Gasteiger charge is -2.19. The third-order valence-corrected chi connectivity index (χ3v) is 3.29. The molecule has 0 spiro atoms. The Labute approximate surface area is 135 Å². The molecule has 1 N–H and O–H groups in total. The standard InChI is InChI=1S/C17H19ClN2O2/c1-11(2)22-15-7-5-4-6-14(15)12(3)20-17(21)13-8-9-19-16(18)10-13/h4-12H,1-3H3,(H,20,21)/t12-/m0/s1. The van der Waals surface area contributed by atoms with Crippen LogP contribution in [0.25, 0.3) is 0 Å². The highest BCUT2D eigenvalue weighted by Crippen LogP contribution is 2.26. The van der Waals surface area contributed by atoms with Crippen LogP contribution < -0.4 is 10.1 Å². The predicted octanol–water partition coefficient (Wildman–Crippen LogP) is 4.01. The number of rotatable bonds is 5. The molecule has 1 atom stereocenters. The topological polar surface area (TPSA) is 51.2 Å². The van der Waals surface area contributed by atoms with Gasteiger partial charge >= 0.3 is 0 Å². The summed E-state index contributed by atoms with van der Waals surface area (Å²) in [5.41, 5.74) is 1.42. The molecule has 0 radical (unpaired) electrons. The summed E-state index contributed by atoms with van der Waals surface area (Å²) in [6, 6.07) is 10.7. The Morgan fingerprint density at radius 1 is 1.23 bits per heavy atom. The summed E-state index contributed by atoms with van der Waals surface area (Å²) in [5.74, 6) is 0.578. The van der Waals surface area contributed by atoms with Gasteiger partial charge in [-0.2, -0.15) is 0 Å². The number of ether oxygens (including phenoxy) is 1. The van der Waals surface area contributed by atoms with E-state index in [0.717, 1.165) is 11.3 Å². The summed E-state index contributed by atoms with van der Waals surface area (Å²) in [5, 5.41) is 3.24. The van der Waals surface area contributed by atoms with Crippen molar-refractivity contribution in [3.05, 3.63) is 58.9 Å². The Morgan fingerprint density at radius 3 is 2.64 bits per heavy atom. The SMILES string of the molecule is CC(C)Oc1ccccc1[C@H](C)NC(=O)c1ccnc(Cl)c1. The van der Waals surface area contributed by atoms with Gasteiger partial charge in [-0.05, 0) is 39.0 Å². The summed E-state index contributed by atoms with van der Waals surface area (Å²) < 4.78 is 5.79. The van der Waals surface area contributed by atoms with Crippen LogP contribution in [0.1, 0.15) is 42.7 Å². The van der Waals surface area contributed by atoms with Crippen LogP contribution in [0.5, 0.6) is 5.75 Å². The molecule has 4 nitrogen and oxygen atoms in total. The minimum atomic E-state index is -0.198. The van der Waals surface area contributed by atoms with Gasteiger partial charge in [0.15, 0.2) is 0 Å². The van der Waals surface area contributed by atoms with E-state index < -0.39 is 0 Å². The molecular formula is C17H19ClN2O2. The molecule has 22 heavy (non-hydrogen) atoms. The molecule has 5 heteroatoms. The molecule has 0 aliphatic rings. The molecule has 0 aliphatic carbocycles. The van der Waals surface area contributed by atoms with Crippen LogP contribution in [-0.4, -0.2) is 17.0 Å². The number of pyridine rings is 1. The summed E-state index contributed by atoms with van der Waals surface area (Å²) in [6.07, 6.45) is 1.58. The summed E-state index contributed by atoms with van der Waals surface area (Å²) in [4.78, 5) is 16.1. The highest BCUT2D eigenvalue weighted by Gasteiger charge is 2.16. The Balaban J connectivity index is 2.15. The van der Waals surface area contributed by atoms with Gasteiger partial charge in [0.2, 0.25) is 0 Å². The van der Waals surface area contributed by atoms with Crippen molar-refractivity contribution < 1.29 is 9.53 Å². The predicted molar refractivity (Wildman–Crippen MR) is 87.3 cm³/mol. The average Bonchev–Trinajstić information content (AvgIpc) is 2.47. The van der Waals surface area contributed by atoms with Crippen LogP contribution in [0.3, 0.4) is 0 Å². The fraction of sp³-hybridized carbons (Fsp3) is 0.294. The molecule has 0 saturated carbocycles. The van der Waals surface area contributed by atoms with E-state index in [9.17, 15) is 4.79 Å². The zero-order chi connectivity index (χ0) is 16.1. The van der Waals surface area contributed by atoms with E-state index in [2.05, 4.69) is 10.3 Å². The maximum Gasteiger partial charge on any atom is 0.251 e. The molecule has 1 heterocycles. The first-order valence-electron chi connectivity index (χ1n) is 7.15. The molecule has 0 saturated heterocycles. The first-order valence-corrected chi connectivity index (χ1v) is 7.53. The fourth-order valence-electron chi connectivity index (χ4n) is 2.10. The lowest BCUT2D eigenvalue weighted by molar-refractivity contribution is 0.0939. The Morgan fingerprint density at radius 2 is 1.95 bits per heavy atom. The van der Waals surface area contributed by atoms with E-state index >= 15 is 0 Å². The minimum absolute atomic E-state index is 0.0723. The van der Waals surface area contributed by atoms with Crippen molar-refractivity contribution in [3.63, 3.8) is 0 Å². The van der Waals surface area contributed by atoms with Gasteiger partial charge in [-0.1, -0.05) is 29.8 Å². The zero-order valence-corrected chi connectivity index (χ0v) is 13.6. The number of hydrogen-bond donors (Lipinski definition) is 1. The third kappa shape index (κ3) is 4.21. The first kappa shape index (κ1) is 16.3. The lowest BCUT2D eigenvalue weighted by atomic mass is 10.1. The van der Waals surface area contributed by atoms with E-state index in [1.165, 1.54) is 6.20 Å². The average molecular weight is 319 g/mol. The number of carbonyl (C=O) groups is 1. The second-order valence-electron chi connectivity index (χ2n) is 5.27. The molecule has 1 aromatic carbocycles. The van der Waals surface area contributed by atoms with Crippen LogP contribution >= 0.6 is 11.6 Å². The van der Waals surface area contributed by atoms with Crippen molar-refractivity contribution in [3.8, 4) is 5.75 Å². The van der Waals surface area contributed by atoms with Crippen LogP contribution in [0.4, 0.5) is 0 Å². The van der Waals surface area contributed by atoms with Gasteiger partial charge in [0.25, 0.3) is 5.91 Å². The number of para-hydroxylation sites is 1. The fourth-order valence-corrected chi connectivity index (χ4v) is 2.27. The normalized spacial score (nSPS) is 12.0. The Hall–Kier alpha value is -2.07. The van der Waals surface area contributed by atoms with Crippen molar-refractivity contribution in [2.45, 2.75) is 32.9 Å². The molecular weight excluding hydrogens is 300 g/mol. The van der Waals surface area contributed by atoms with E-state index in [4.69, 9.17) is 16.3 Å². The minimum Gasteiger partial charge on any atom is -0.491 e. The van der Waals surface area contributed by atoms with E-state index in [1.807, 2.05) is 45.0 Å². The smallest absolute Gasteiger partial charge is 0.251 e. The molecule has 2 rings (SSSR count). The zero-order valence-electron chi connectivity index (χ0n) is 12.8. The molecule has 116 valence electrons. The summed E-state index contributed by atoms with van der Waals surface area (Å²) in [7, 11) is 0. The van der Waals surface area contributed by atoms with Crippen LogP contribution in [-0.2, 0) is 0 Å². The largest absolute Gasteiger partial charge is 0.491 e. The number of halogens is 1. The molecule has 2 aromatic rings. The second kappa shape index (κ2) is 7.27. The molecule has 0 fully saturated rings. The van der Waals surface area contributed by atoms with Gasteiger partial charge in [0, 0.05) is 17.3 Å². The number of nitrogens with zero attached hydrogens (tertiary/aromatic N) is 1. The van der Waals surface area contributed by atoms with E-state index in [0.29, 0.717) is 10.7 Å². The number of amides is 1. The highest BCUT2D eigenvalue weighted by atomic mass is 35.5. The quantitative estimate of drug-likeness (QED) is 0.847. The number of benzene rings is 1. The number of nitrogens with one attached hydrogen (secondary N) is 1. The van der Waals surface area contributed by atoms with Crippen LogP contribution in [0.15, 0.2) is 42.6 Å². The Bertz CT molecular complexity index is 659. The number of aromatic nitrogens is 1. The van der Waals surface area contributed by atoms with Crippen LogP contribution in [0, 0.1) is 0 Å². The van der Waals surface area contributed by atoms with Gasteiger partial charge < -0.3 is 10.1 Å². The molecule has 0 aliphatic heterocycles. The number of carbonyl (C=O) groups excluding carboxylic acids is 1. The van der Waals surface area contributed by atoms with Crippen LogP contribution in [0.2, 0.25) is 5.15 Å². The van der Waals surface area contributed by atoms with Crippen molar-refractivity contribution in [1.29, 1.82) is 0 Å². The monoisotopic (exact) mass is 318 g/mol. The second-order valence-corrected chi connectivity index (χ2v) is 5.65. The van der Waals surface area contributed by atoms with Crippen molar-refractivity contribution >= 4 is 17.5 Å². The third-order valence-electron chi connectivity index (χ3n) is 3.08. The molecule has 0 unspecified atom stereocenters. The van der Waals surface area contributed by atoms with Gasteiger partial charge in [-0.25, -0.2) is 4.98 Å². The summed E-state index contributed by atoms with van der Waals surface area (Å²) in [6.45, 7) is 5.86.